The van der Waals surface area contributed by atoms with E-state index in [4.69, 9.17) is 15.0 Å². The Hall–Kier alpha value is -4.00. The van der Waals surface area contributed by atoms with Gasteiger partial charge in [-0.2, -0.15) is 0 Å². The van der Waals surface area contributed by atoms with Gasteiger partial charge in [-0.25, -0.2) is 15.0 Å². The lowest BCUT2D eigenvalue weighted by molar-refractivity contribution is -0.140. The third-order valence-corrected chi connectivity index (χ3v) is 7.70. The quantitative estimate of drug-likeness (QED) is 0.267. The minimum atomic E-state index is -0.157. The SMILES string of the molecule is CC.CCC(=O)OC.CCC1=C(C)C2=CC3=NC(=C(C)/C3=C\O)C=C3NC(=C(C)C4=NC(=CC1=N2)C(C)=C4)CC3C. The molecule has 0 aliphatic carbocycles. The number of rotatable bonds is 2. The molecule has 5 rings (SSSR count). The molecule has 7 heteroatoms. The summed E-state index contributed by atoms with van der Waals surface area (Å²) in [6.07, 6.45) is 11.8. The van der Waals surface area contributed by atoms with E-state index in [1.54, 1.807) is 6.92 Å². The third kappa shape index (κ3) is 6.50. The summed E-state index contributed by atoms with van der Waals surface area (Å²) < 4.78 is 4.26. The molecule has 1 saturated heterocycles. The van der Waals surface area contributed by atoms with Gasteiger partial charge in [0.2, 0.25) is 0 Å². The molecule has 0 amide bonds. The van der Waals surface area contributed by atoms with Crippen molar-refractivity contribution >= 4 is 23.1 Å². The zero-order valence-electron chi connectivity index (χ0n) is 26.2. The minimum absolute atomic E-state index is 0.157. The van der Waals surface area contributed by atoms with Crippen LogP contribution in [-0.2, 0) is 9.53 Å². The minimum Gasteiger partial charge on any atom is -0.515 e. The van der Waals surface area contributed by atoms with Crippen LogP contribution in [0, 0.1) is 5.92 Å². The van der Waals surface area contributed by atoms with Crippen molar-refractivity contribution in [1.82, 2.24) is 5.32 Å². The molecule has 8 bridgehead atoms. The van der Waals surface area contributed by atoms with Crippen molar-refractivity contribution < 1.29 is 14.6 Å². The average Bonchev–Trinajstić information content (AvgIpc) is 3.69. The largest absolute Gasteiger partial charge is 0.515 e. The maximum Gasteiger partial charge on any atom is 0.305 e. The number of carbonyl (C=O) groups is 1. The fourth-order valence-electron chi connectivity index (χ4n) is 5.11. The van der Waals surface area contributed by atoms with Crippen molar-refractivity contribution in [3.63, 3.8) is 0 Å². The highest BCUT2D eigenvalue weighted by atomic mass is 16.5. The molecule has 0 radical (unpaired) electrons. The molecule has 1 unspecified atom stereocenters. The molecule has 218 valence electrons. The van der Waals surface area contributed by atoms with Gasteiger partial charge in [-0.1, -0.05) is 34.6 Å². The van der Waals surface area contributed by atoms with E-state index >= 15 is 0 Å². The lowest BCUT2D eigenvalue weighted by Gasteiger charge is -2.07. The Morgan fingerprint density at radius 1 is 0.951 bits per heavy atom. The fourth-order valence-corrected chi connectivity index (χ4v) is 5.11. The van der Waals surface area contributed by atoms with Crippen molar-refractivity contribution in [3.8, 4) is 0 Å². The van der Waals surface area contributed by atoms with Crippen molar-refractivity contribution in [2.75, 3.05) is 7.11 Å². The second-order valence-electron chi connectivity index (χ2n) is 10.3. The number of allylic oxidation sites excluding steroid dienone is 12. The van der Waals surface area contributed by atoms with Gasteiger partial charge in [-0.15, -0.1) is 0 Å². The molecule has 5 aliphatic rings. The second-order valence-corrected chi connectivity index (χ2v) is 10.3. The van der Waals surface area contributed by atoms with Crippen LogP contribution in [0.4, 0.5) is 0 Å². The summed E-state index contributed by atoms with van der Waals surface area (Å²) in [6, 6.07) is 0. The number of nitrogens with zero attached hydrogens (tertiary/aromatic N) is 3. The zero-order chi connectivity index (χ0) is 30.4. The first-order valence-electron chi connectivity index (χ1n) is 14.5. The number of hydrogen-bond donors (Lipinski definition) is 2. The van der Waals surface area contributed by atoms with E-state index in [1.165, 1.54) is 24.0 Å². The Morgan fingerprint density at radius 3 is 2.20 bits per heavy atom. The fraction of sp³-hybridized carbons (Fsp3) is 0.412. The van der Waals surface area contributed by atoms with Crippen LogP contribution < -0.4 is 5.32 Å². The Balaban J connectivity index is 0.000000515. The van der Waals surface area contributed by atoms with Gasteiger partial charge < -0.3 is 15.2 Å². The molecule has 0 aromatic heterocycles. The number of carbonyl (C=O) groups excluding carboxylic acids is 1. The molecule has 5 aliphatic heterocycles. The number of hydrogen-bond acceptors (Lipinski definition) is 7. The molecule has 1 atom stereocenters. The van der Waals surface area contributed by atoms with Gasteiger partial charge in [0.1, 0.15) is 0 Å². The summed E-state index contributed by atoms with van der Waals surface area (Å²) in [4.78, 5) is 24.8. The van der Waals surface area contributed by atoms with E-state index in [0.29, 0.717) is 12.3 Å². The predicted molar refractivity (Wildman–Crippen MR) is 170 cm³/mol. The van der Waals surface area contributed by atoms with Crippen molar-refractivity contribution in [1.29, 1.82) is 0 Å². The van der Waals surface area contributed by atoms with Gasteiger partial charge >= 0.3 is 5.97 Å². The van der Waals surface area contributed by atoms with Crippen LogP contribution in [0.15, 0.2) is 107 Å². The Bertz CT molecular complexity index is 1460. The van der Waals surface area contributed by atoms with Gasteiger partial charge in [-0.3, -0.25) is 4.79 Å². The maximum absolute atomic E-state index is 10.0. The number of aliphatic imine (C=N–C) groups is 3. The number of methoxy groups -OCH3 is 1. The van der Waals surface area contributed by atoms with E-state index in [9.17, 15) is 9.90 Å². The summed E-state index contributed by atoms with van der Waals surface area (Å²) in [5.41, 5.74) is 14.2. The first-order chi connectivity index (χ1) is 19.6. The Labute approximate surface area is 245 Å². The molecule has 0 aromatic carbocycles. The zero-order valence-corrected chi connectivity index (χ0v) is 26.2. The van der Waals surface area contributed by atoms with E-state index in [2.05, 4.69) is 62.9 Å². The standard InChI is InChI=1S/C28H30N4O.C4H8O2.C2H6/c1-7-19-16(4)26-12-28-20(13-33)17(5)25(32-28)10-21-14(2)8-23(29-21)18(6)24-9-15(3)22(30-24)11-27(19)31-26;1-3-4(5)6-2;1-2/h9-14,29,33H,7-8H2,1-6H3;3H2,1-2H3;1-2H3/b20-13+,21-10?,22-11?,23-18?,26-12?;;. The molecule has 0 aromatic rings. The van der Waals surface area contributed by atoms with Crippen molar-refractivity contribution in [2.24, 2.45) is 20.9 Å². The van der Waals surface area contributed by atoms with E-state index in [1.807, 2.05) is 26.8 Å². The van der Waals surface area contributed by atoms with Crippen LogP contribution in [0.25, 0.3) is 0 Å². The number of ether oxygens (including phenoxy) is 1. The predicted octanol–water partition coefficient (Wildman–Crippen LogP) is 7.90. The van der Waals surface area contributed by atoms with Gasteiger partial charge in [0.15, 0.2) is 0 Å². The maximum atomic E-state index is 10.0. The molecule has 5 heterocycles. The van der Waals surface area contributed by atoms with Crippen molar-refractivity contribution in [2.45, 2.75) is 81.6 Å². The smallest absolute Gasteiger partial charge is 0.305 e. The summed E-state index contributed by atoms with van der Waals surface area (Å²) >= 11 is 0. The van der Waals surface area contributed by atoms with Gasteiger partial charge in [0.05, 0.1) is 47.6 Å². The van der Waals surface area contributed by atoms with Gasteiger partial charge in [0.25, 0.3) is 0 Å². The monoisotopic (exact) mass is 556 g/mol. The molecule has 0 saturated carbocycles. The molecular weight excluding hydrogens is 512 g/mol. The molecule has 1 fully saturated rings. The molecule has 2 N–H and O–H groups in total. The molecular formula is C34H44N4O3. The van der Waals surface area contributed by atoms with Crippen LogP contribution in [0.3, 0.4) is 0 Å². The highest BCUT2D eigenvalue weighted by molar-refractivity contribution is 6.18. The first-order valence-corrected chi connectivity index (χ1v) is 14.5. The lowest BCUT2D eigenvalue weighted by Crippen LogP contribution is -2.09. The Morgan fingerprint density at radius 2 is 1.61 bits per heavy atom. The third-order valence-electron chi connectivity index (χ3n) is 7.70. The number of aliphatic hydroxyl groups excluding tert-OH is 1. The molecule has 41 heavy (non-hydrogen) atoms. The highest BCUT2D eigenvalue weighted by Crippen LogP contribution is 2.36. The van der Waals surface area contributed by atoms with Crippen LogP contribution >= 0.6 is 0 Å². The van der Waals surface area contributed by atoms with E-state index in [-0.39, 0.29) is 5.97 Å². The summed E-state index contributed by atoms with van der Waals surface area (Å²) in [7, 11) is 1.38. The topological polar surface area (TPSA) is 95.6 Å². The lowest BCUT2D eigenvalue weighted by atomic mass is 9.99. The van der Waals surface area contributed by atoms with E-state index in [0.717, 1.165) is 81.3 Å². The first kappa shape index (κ1) is 31.5. The highest BCUT2D eigenvalue weighted by Gasteiger charge is 2.28. The summed E-state index contributed by atoms with van der Waals surface area (Å²) in [5.74, 6) is 0.195. The number of nitrogens with one attached hydrogen (secondary N) is 1. The van der Waals surface area contributed by atoms with E-state index < -0.39 is 0 Å². The normalized spacial score (nSPS) is 22.0. The molecule has 7 nitrogen and oxygen atoms in total. The van der Waals surface area contributed by atoms with Crippen molar-refractivity contribution in [3.05, 3.63) is 92.5 Å². The van der Waals surface area contributed by atoms with Gasteiger partial charge in [0, 0.05) is 29.3 Å². The van der Waals surface area contributed by atoms with Crippen LogP contribution in [0.1, 0.15) is 81.6 Å². The van der Waals surface area contributed by atoms with Crippen LogP contribution in [0.2, 0.25) is 0 Å². The summed E-state index contributed by atoms with van der Waals surface area (Å²) in [6.45, 7) is 18.5. The molecule has 0 spiro atoms. The Kier molecular flexibility index (Phi) is 10.4. The average molecular weight is 557 g/mol. The van der Waals surface area contributed by atoms with Crippen LogP contribution in [-0.4, -0.2) is 35.3 Å². The summed E-state index contributed by atoms with van der Waals surface area (Å²) in [5, 5.41) is 13.6. The number of aliphatic hydroxyl groups is 1. The second kappa shape index (κ2) is 13.6. The number of fused-ring (bicyclic) bond motifs is 5. The van der Waals surface area contributed by atoms with Crippen LogP contribution in [0.5, 0.6) is 0 Å². The number of esters is 1. The van der Waals surface area contributed by atoms with Gasteiger partial charge in [-0.05, 0) is 92.7 Å².